The minimum atomic E-state index is 0.000923. The molecule has 0 nitrogen and oxygen atoms in total. The summed E-state index contributed by atoms with van der Waals surface area (Å²) >= 11 is 0. The third-order valence-corrected chi connectivity index (χ3v) is 9.44. The molecule has 0 heteroatoms. The number of rotatable bonds is 2. The lowest BCUT2D eigenvalue weighted by molar-refractivity contribution is 0.660. The van der Waals surface area contributed by atoms with Gasteiger partial charge in [-0.1, -0.05) is 135 Å². The number of benzene rings is 7. The van der Waals surface area contributed by atoms with Gasteiger partial charge in [-0.3, -0.25) is 0 Å². The second kappa shape index (κ2) is 8.66. The maximum absolute atomic E-state index is 2.45. The molecule has 196 valence electrons. The van der Waals surface area contributed by atoms with Crippen LogP contribution >= 0.6 is 0 Å². The summed E-state index contributed by atoms with van der Waals surface area (Å²) in [5.41, 5.74) is 13.4. The van der Waals surface area contributed by atoms with Gasteiger partial charge in [0.1, 0.15) is 0 Å². The van der Waals surface area contributed by atoms with Crippen molar-refractivity contribution < 1.29 is 0 Å². The molecular formula is C41H32. The van der Waals surface area contributed by atoms with E-state index in [-0.39, 0.29) is 5.41 Å². The maximum atomic E-state index is 2.45. The molecule has 8 rings (SSSR count). The molecule has 0 spiro atoms. The van der Waals surface area contributed by atoms with Gasteiger partial charge in [-0.05, 0) is 102 Å². The largest absolute Gasteiger partial charge is 0.0619 e. The van der Waals surface area contributed by atoms with E-state index in [0.717, 1.165) is 0 Å². The van der Waals surface area contributed by atoms with E-state index >= 15 is 0 Å². The highest BCUT2D eigenvalue weighted by Crippen LogP contribution is 2.51. The molecular weight excluding hydrogens is 492 g/mol. The van der Waals surface area contributed by atoms with Crippen molar-refractivity contribution in [2.45, 2.75) is 33.1 Å². The van der Waals surface area contributed by atoms with Crippen LogP contribution in [0.5, 0.6) is 0 Å². The molecule has 1 aliphatic rings. The third kappa shape index (κ3) is 3.40. The summed E-state index contributed by atoms with van der Waals surface area (Å²) in [6, 6.07) is 45.5. The van der Waals surface area contributed by atoms with Crippen LogP contribution < -0.4 is 0 Å². The number of hydrogen-bond donors (Lipinski definition) is 0. The standard InChI is InChI=1S/C41H32/c1-25-17-21-33-35(23-25)39(28-20-22-37-34(24-28)30-13-9-10-16-36(30)41(37,3)4)31-14-7-8-15-32(31)40(33)38-26(2)18-19-27-11-5-6-12-29(27)38/h5-24H,1-4H3. The van der Waals surface area contributed by atoms with Gasteiger partial charge in [0.15, 0.2) is 0 Å². The molecule has 0 amide bonds. The Morgan fingerprint density at radius 3 is 1.93 bits per heavy atom. The van der Waals surface area contributed by atoms with Gasteiger partial charge < -0.3 is 0 Å². The van der Waals surface area contributed by atoms with Crippen LogP contribution in [0.15, 0.2) is 121 Å². The van der Waals surface area contributed by atoms with Crippen LogP contribution in [0.3, 0.4) is 0 Å². The molecule has 7 aromatic rings. The Labute approximate surface area is 241 Å². The Balaban J connectivity index is 1.51. The van der Waals surface area contributed by atoms with Crippen molar-refractivity contribution >= 4 is 32.3 Å². The first-order valence-electron chi connectivity index (χ1n) is 14.6. The van der Waals surface area contributed by atoms with Crippen molar-refractivity contribution in [1.82, 2.24) is 0 Å². The van der Waals surface area contributed by atoms with Gasteiger partial charge in [-0.2, -0.15) is 0 Å². The summed E-state index contributed by atoms with van der Waals surface area (Å²) in [6.07, 6.45) is 0. The summed E-state index contributed by atoms with van der Waals surface area (Å²) in [4.78, 5) is 0. The van der Waals surface area contributed by atoms with Crippen molar-refractivity contribution in [2.75, 3.05) is 0 Å². The molecule has 0 atom stereocenters. The second-order valence-electron chi connectivity index (χ2n) is 12.3. The van der Waals surface area contributed by atoms with Gasteiger partial charge in [-0.25, -0.2) is 0 Å². The van der Waals surface area contributed by atoms with E-state index in [0.29, 0.717) is 0 Å². The van der Waals surface area contributed by atoms with Crippen molar-refractivity contribution in [3.8, 4) is 33.4 Å². The van der Waals surface area contributed by atoms with Crippen molar-refractivity contribution in [3.63, 3.8) is 0 Å². The smallest absolute Gasteiger partial charge is 0.0158 e. The molecule has 0 aromatic heterocycles. The molecule has 0 aliphatic heterocycles. The molecule has 0 saturated carbocycles. The first-order valence-corrected chi connectivity index (χ1v) is 14.6. The lowest BCUT2D eigenvalue weighted by Crippen LogP contribution is -2.14. The predicted octanol–water partition coefficient (Wildman–Crippen LogP) is 11.4. The van der Waals surface area contributed by atoms with Gasteiger partial charge in [0.25, 0.3) is 0 Å². The lowest BCUT2D eigenvalue weighted by atomic mass is 9.81. The monoisotopic (exact) mass is 524 g/mol. The molecule has 41 heavy (non-hydrogen) atoms. The predicted molar refractivity (Wildman–Crippen MR) is 177 cm³/mol. The topological polar surface area (TPSA) is 0 Å². The molecule has 0 heterocycles. The highest BCUT2D eigenvalue weighted by molar-refractivity contribution is 6.24. The fourth-order valence-corrected chi connectivity index (χ4v) is 7.46. The van der Waals surface area contributed by atoms with Crippen LogP contribution in [0.4, 0.5) is 0 Å². The van der Waals surface area contributed by atoms with Crippen LogP contribution in [0.25, 0.3) is 65.7 Å². The van der Waals surface area contributed by atoms with E-state index < -0.39 is 0 Å². The zero-order valence-electron chi connectivity index (χ0n) is 24.0. The minimum absolute atomic E-state index is 0.000923. The minimum Gasteiger partial charge on any atom is -0.0619 e. The fraction of sp³-hybridized carbons (Fsp3) is 0.122. The highest BCUT2D eigenvalue weighted by Gasteiger charge is 2.35. The van der Waals surface area contributed by atoms with Crippen LogP contribution in [0, 0.1) is 13.8 Å². The van der Waals surface area contributed by atoms with Crippen molar-refractivity contribution in [3.05, 3.63) is 144 Å². The first-order chi connectivity index (χ1) is 19.9. The summed E-state index contributed by atoms with van der Waals surface area (Å²) in [7, 11) is 0. The summed E-state index contributed by atoms with van der Waals surface area (Å²) in [5, 5.41) is 7.82. The van der Waals surface area contributed by atoms with Crippen LogP contribution in [0.1, 0.15) is 36.1 Å². The number of aryl methyl sites for hydroxylation is 2. The average molecular weight is 525 g/mol. The Morgan fingerprint density at radius 2 is 1.10 bits per heavy atom. The van der Waals surface area contributed by atoms with Gasteiger partial charge in [0.05, 0.1) is 0 Å². The van der Waals surface area contributed by atoms with E-state index in [1.807, 2.05) is 0 Å². The zero-order chi connectivity index (χ0) is 27.9. The van der Waals surface area contributed by atoms with E-state index in [9.17, 15) is 0 Å². The Bertz CT molecular complexity index is 2190. The summed E-state index contributed by atoms with van der Waals surface area (Å²) < 4.78 is 0. The molecule has 0 radical (unpaired) electrons. The van der Waals surface area contributed by atoms with Crippen LogP contribution in [-0.4, -0.2) is 0 Å². The summed E-state index contributed by atoms with van der Waals surface area (Å²) in [5.74, 6) is 0. The third-order valence-electron chi connectivity index (χ3n) is 9.44. The van der Waals surface area contributed by atoms with Crippen LogP contribution in [0.2, 0.25) is 0 Å². The van der Waals surface area contributed by atoms with Crippen molar-refractivity contribution in [1.29, 1.82) is 0 Å². The molecule has 0 bridgehead atoms. The highest BCUT2D eigenvalue weighted by atomic mass is 14.4. The molecule has 0 fully saturated rings. The van der Waals surface area contributed by atoms with Crippen LogP contribution in [-0.2, 0) is 5.41 Å². The van der Waals surface area contributed by atoms with Gasteiger partial charge >= 0.3 is 0 Å². The first kappa shape index (κ1) is 24.1. The molecule has 1 aliphatic carbocycles. The average Bonchev–Trinajstić information content (AvgIpc) is 3.22. The van der Waals surface area contributed by atoms with E-state index in [4.69, 9.17) is 0 Å². The Kier molecular flexibility index (Phi) is 5.10. The molecule has 0 unspecified atom stereocenters. The maximum Gasteiger partial charge on any atom is 0.0158 e. The van der Waals surface area contributed by atoms with Crippen molar-refractivity contribution in [2.24, 2.45) is 0 Å². The summed E-state index contributed by atoms with van der Waals surface area (Å²) in [6.45, 7) is 9.17. The Morgan fingerprint density at radius 1 is 0.439 bits per heavy atom. The number of hydrogen-bond acceptors (Lipinski definition) is 0. The molecule has 7 aromatic carbocycles. The fourth-order valence-electron chi connectivity index (χ4n) is 7.46. The van der Waals surface area contributed by atoms with E-state index in [1.54, 1.807) is 0 Å². The van der Waals surface area contributed by atoms with E-state index in [2.05, 4.69) is 149 Å². The second-order valence-corrected chi connectivity index (χ2v) is 12.3. The molecule has 0 N–H and O–H groups in total. The molecule has 0 saturated heterocycles. The Hall–Kier alpha value is -4.68. The SMILES string of the molecule is Cc1ccc2c(-c3c(C)ccc4ccccc34)c3ccccc3c(-c3ccc4c(c3)-c3ccccc3C4(C)C)c2c1. The normalized spacial score (nSPS) is 13.6. The quantitative estimate of drug-likeness (QED) is 0.197. The van der Waals surface area contributed by atoms with E-state index in [1.165, 1.54) is 88.0 Å². The van der Waals surface area contributed by atoms with Gasteiger partial charge in [0, 0.05) is 5.41 Å². The lowest BCUT2D eigenvalue weighted by Gasteiger charge is -2.22. The number of fused-ring (bicyclic) bond motifs is 6. The van der Waals surface area contributed by atoms with Gasteiger partial charge in [0.2, 0.25) is 0 Å². The van der Waals surface area contributed by atoms with Gasteiger partial charge in [-0.15, -0.1) is 0 Å². The zero-order valence-corrected chi connectivity index (χ0v) is 24.0.